The zero-order chi connectivity index (χ0) is 20.9. The van der Waals surface area contributed by atoms with Gasteiger partial charge in [0.1, 0.15) is 11.3 Å². The highest BCUT2D eigenvalue weighted by atomic mass is 16.5. The van der Waals surface area contributed by atoms with Crippen LogP contribution in [0.4, 0.5) is 10.6 Å². The third-order valence-electron chi connectivity index (χ3n) is 5.29. The van der Waals surface area contributed by atoms with Crippen LogP contribution in [-0.4, -0.2) is 71.5 Å². The number of nitrogens with zero attached hydrogens (tertiary/aromatic N) is 4. The molecule has 0 aliphatic carbocycles. The van der Waals surface area contributed by atoms with E-state index in [1.807, 2.05) is 24.3 Å². The quantitative estimate of drug-likeness (QED) is 0.573. The van der Waals surface area contributed by atoms with Gasteiger partial charge in [-0.1, -0.05) is 25.1 Å². The van der Waals surface area contributed by atoms with Crippen LogP contribution in [0.25, 0.3) is 21.9 Å². The van der Waals surface area contributed by atoms with Crippen molar-refractivity contribution in [3.63, 3.8) is 0 Å². The number of carbonyl (C=O) groups excluding carboxylic acids is 1. The molecule has 4 rings (SSSR count). The molecular formula is C21H28N6O3. The summed E-state index contributed by atoms with van der Waals surface area (Å²) in [6.45, 7) is 6.63. The lowest BCUT2D eigenvalue weighted by Crippen LogP contribution is -2.46. The van der Waals surface area contributed by atoms with Crippen molar-refractivity contribution in [2.45, 2.75) is 19.9 Å². The molecule has 1 aromatic carbocycles. The van der Waals surface area contributed by atoms with Crippen LogP contribution in [0.3, 0.4) is 0 Å². The van der Waals surface area contributed by atoms with Gasteiger partial charge in [-0.3, -0.25) is 0 Å². The predicted octanol–water partition coefficient (Wildman–Crippen LogP) is 1.79. The Balaban J connectivity index is 1.37. The van der Waals surface area contributed by atoms with Gasteiger partial charge in [-0.05, 0) is 6.07 Å². The number of rotatable bonds is 7. The number of anilines is 1. The molecule has 3 N–H and O–H groups in total. The first-order valence-electron chi connectivity index (χ1n) is 10.4. The third kappa shape index (κ3) is 4.17. The van der Waals surface area contributed by atoms with Crippen LogP contribution in [-0.2, 0) is 22.4 Å². The molecule has 0 atom stereocenters. The van der Waals surface area contributed by atoms with Gasteiger partial charge in [0, 0.05) is 38.0 Å². The van der Waals surface area contributed by atoms with E-state index in [0.29, 0.717) is 58.4 Å². The largest absolute Gasteiger partial charge is 0.382 e. The van der Waals surface area contributed by atoms with Crippen LogP contribution in [0.2, 0.25) is 0 Å². The standard InChI is InChI=1S/C21H28N6O3/c1-2-17-25-18-19(15-5-3-4-6-16(15)24-20(18)22)27(17)10-14-29-11-7-23-21(28)26-8-12-30-13-9-26/h3-6H,2,7-14H2,1H3,(H2,22,24)(H,23,28). The number of nitrogens with one attached hydrogen (secondary N) is 1. The van der Waals surface area contributed by atoms with E-state index in [-0.39, 0.29) is 6.03 Å². The molecule has 2 amide bonds. The molecule has 9 nitrogen and oxygen atoms in total. The van der Waals surface area contributed by atoms with Crippen molar-refractivity contribution >= 4 is 33.8 Å². The molecule has 3 aromatic rings. The highest BCUT2D eigenvalue weighted by Crippen LogP contribution is 2.28. The van der Waals surface area contributed by atoms with Gasteiger partial charge in [-0.15, -0.1) is 0 Å². The van der Waals surface area contributed by atoms with Crippen LogP contribution >= 0.6 is 0 Å². The van der Waals surface area contributed by atoms with Crippen LogP contribution in [0.5, 0.6) is 0 Å². The Morgan fingerprint density at radius 3 is 2.83 bits per heavy atom. The predicted molar refractivity (Wildman–Crippen MR) is 115 cm³/mol. The molecule has 3 heterocycles. The van der Waals surface area contributed by atoms with E-state index in [1.54, 1.807) is 4.90 Å². The van der Waals surface area contributed by atoms with E-state index in [1.165, 1.54) is 0 Å². The lowest BCUT2D eigenvalue weighted by Gasteiger charge is -2.26. The van der Waals surface area contributed by atoms with Crippen molar-refractivity contribution in [2.75, 3.05) is 51.8 Å². The number of benzene rings is 1. The average Bonchev–Trinajstić information content (AvgIpc) is 3.16. The first-order chi connectivity index (χ1) is 14.7. The number of imidazole rings is 1. The number of hydrogen-bond donors (Lipinski definition) is 2. The molecular weight excluding hydrogens is 384 g/mol. The van der Waals surface area contributed by atoms with E-state index in [9.17, 15) is 4.79 Å². The summed E-state index contributed by atoms with van der Waals surface area (Å²) in [6.07, 6.45) is 0.790. The smallest absolute Gasteiger partial charge is 0.317 e. The lowest BCUT2D eigenvalue weighted by atomic mass is 10.2. The van der Waals surface area contributed by atoms with Crippen molar-refractivity contribution in [3.8, 4) is 0 Å². The molecule has 30 heavy (non-hydrogen) atoms. The number of carbonyl (C=O) groups is 1. The summed E-state index contributed by atoms with van der Waals surface area (Å²) in [4.78, 5) is 23.0. The Labute approximate surface area is 175 Å². The number of fused-ring (bicyclic) bond motifs is 3. The highest BCUT2D eigenvalue weighted by molar-refractivity contribution is 6.06. The fourth-order valence-corrected chi connectivity index (χ4v) is 3.78. The number of morpholine rings is 1. The second kappa shape index (κ2) is 9.27. The minimum atomic E-state index is -0.0646. The summed E-state index contributed by atoms with van der Waals surface area (Å²) < 4.78 is 13.2. The number of aromatic nitrogens is 3. The number of nitrogen functional groups attached to an aromatic ring is 1. The van der Waals surface area contributed by atoms with E-state index < -0.39 is 0 Å². The van der Waals surface area contributed by atoms with Crippen molar-refractivity contribution in [3.05, 3.63) is 30.1 Å². The number of ether oxygens (including phenoxy) is 2. The average molecular weight is 412 g/mol. The maximum atomic E-state index is 12.1. The maximum Gasteiger partial charge on any atom is 0.317 e. The Bertz CT molecular complexity index is 1030. The van der Waals surface area contributed by atoms with Gasteiger partial charge in [-0.25, -0.2) is 14.8 Å². The number of hydrogen-bond acceptors (Lipinski definition) is 6. The Morgan fingerprint density at radius 1 is 1.23 bits per heavy atom. The van der Waals surface area contributed by atoms with Gasteiger partial charge in [0.15, 0.2) is 5.82 Å². The number of para-hydroxylation sites is 1. The van der Waals surface area contributed by atoms with Crippen LogP contribution in [0.15, 0.2) is 24.3 Å². The number of pyridine rings is 1. The molecule has 0 bridgehead atoms. The summed E-state index contributed by atoms with van der Waals surface area (Å²) in [5.41, 5.74) is 8.77. The first kappa shape index (κ1) is 20.4. The number of nitrogens with two attached hydrogens (primary N) is 1. The number of amides is 2. The van der Waals surface area contributed by atoms with E-state index in [2.05, 4.69) is 21.8 Å². The minimum Gasteiger partial charge on any atom is -0.382 e. The second-order valence-electron chi connectivity index (χ2n) is 7.19. The Morgan fingerprint density at radius 2 is 2.03 bits per heavy atom. The van der Waals surface area contributed by atoms with Gasteiger partial charge in [0.05, 0.1) is 37.5 Å². The topological polar surface area (TPSA) is 108 Å². The number of aryl methyl sites for hydroxylation is 1. The van der Waals surface area contributed by atoms with E-state index >= 15 is 0 Å². The molecule has 0 radical (unpaired) electrons. The second-order valence-corrected chi connectivity index (χ2v) is 7.19. The van der Waals surface area contributed by atoms with Gasteiger partial charge >= 0.3 is 6.03 Å². The van der Waals surface area contributed by atoms with Crippen molar-refractivity contribution in [1.29, 1.82) is 0 Å². The van der Waals surface area contributed by atoms with Gasteiger partial charge in [0.25, 0.3) is 0 Å². The molecule has 0 spiro atoms. The maximum absolute atomic E-state index is 12.1. The van der Waals surface area contributed by atoms with E-state index in [4.69, 9.17) is 20.2 Å². The van der Waals surface area contributed by atoms with Gasteiger partial charge in [0.2, 0.25) is 0 Å². The Hall–Kier alpha value is -2.91. The van der Waals surface area contributed by atoms with Crippen molar-refractivity contribution in [2.24, 2.45) is 0 Å². The zero-order valence-corrected chi connectivity index (χ0v) is 17.3. The van der Waals surface area contributed by atoms with Crippen LogP contribution < -0.4 is 11.1 Å². The first-order valence-corrected chi connectivity index (χ1v) is 10.4. The monoisotopic (exact) mass is 412 g/mol. The van der Waals surface area contributed by atoms with Crippen molar-refractivity contribution < 1.29 is 14.3 Å². The summed E-state index contributed by atoms with van der Waals surface area (Å²) in [5.74, 6) is 1.41. The molecule has 1 aliphatic rings. The third-order valence-corrected chi connectivity index (χ3v) is 5.29. The summed E-state index contributed by atoms with van der Waals surface area (Å²) in [6, 6.07) is 7.89. The normalized spacial score (nSPS) is 14.5. The number of urea groups is 1. The summed E-state index contributed by atoms with van der Waals surface area (Å²) in [7, 11) is 0. The Kier molecular flexibility index (Phi) is 6.29. The molecule has 0 unspecified atom stereocenters. The molecule has 160 valence electrons. The highest BCUT2D eigenvalue weighted by Gasteiger charge is 2.17. The van der Waals surface area contributed by atoms with Crippen LogP contribution in [0, 0.1) is 0 Å². The summed E-state index contributed by atoms with van der Waals surface area (Å²) >= 11 is 0. The molecule has 1 aliphatic heterocycles. The van der Waals surface area contributed by atoms with Gasteiger partial charge < -0.3 is 30.0 Å². The molecule has 1 saturated heterocycles. The summed E-state index contributed by atoms with van der Waals surface area (Å²) in [5, 5.41) is 3.93. The molecule has 9 heteroatoms. The van der Waals surface area contributed by atoms with Gasteiger partial charge in [-0.2, -0.15) is 0 Å². The fraction of sp³-hybridized carbons (Fsp3) is 0.476. The van der Waals surface area contributed by atoms with Crippen molar-refractivity contribution in [1.82, 2.24) is 24.8 Å². The van der Waals surface area contributed by atoms with E-state index in [0.717, 1.165) is 34.2 Å². The molecule has 0 saturated carbocycles. The lowest BCUT2D eigenvalue weighted by molar-refractivity contribution is 0.0523. The molecule has 2 aromatic heterocycles. The molecule has 1 fully saturated rings. The zero-order valence-electron chi connectivity index (χ0n) is 17.3. The minimum absolute atomic E-state index is 0.0646. The van der Waals surface area contributed by atoms with Crippen LogP contribution in [0.1, 0.15) is 12.7 Å². The SMILES string of the molecule is CCc1nc2c(N)nc3ccccc3c2n1CCOCCNC(=O)N1CCOCC1. The fourth-order valence-electron chi connectivity index (χ4n) is 3.78.